The van der Waals surface area contributed by atoms with E-state index in [1.807, 2.05) is 20.8 Å². The van der Waals surface area contributed by atoms with Gasteiger partial charge in [0.05, 0.1) is 0 Å². The number of rotatable bonds is 7. The lowest BCUT2D eigenvalue weighted by Crippen LogP contribution is -2.30. The Kier molecular flexibility index (Phi) is 6.82. The zero-order chi connectivity index (χ0) is 10.3. The van der Waals surface area contributed by atoms with Crippen LogP contribution in [0.3, 0.4) is 0 Å². The molecule has 0 saturated heterocycles. The Bertz CT molecular complexity index is 146. The normalized spacial score (nSPS) is 13.3. The molecule has 78 valence electrons. The monoisotopic (exact) mass is 187 g/mol. The van der Waals surface area contributed by atoms with E-state index in [0.717, 1.165) is 6.42 Å². The van der Waals surface area contributed by atoms with E-state index in [0.29, 0.717) is 18.9 Å². The molecular weight excluding hydrogens is 166 g/mol. The first-order chi connectivity index (χ1) is 6.07. The number of nitrogens with two attached hydrogens (primary N) is 1. The van der Waals surface area contributed by atoms with Crippen molar-refractivity contribution in [1.29, 1.82) is 0 Å². The standard InChI is InChI=1S/C10H21NO2/c1-4-5-13-7-9(12)6-10(11)8(2)3/h8,10H,4-7,11H2,1-3H3. The summed E-state index contributed by atoms with van der Waals surface area (Å²) in [5.74, 6) is 0.463. The number of Topliss-reactive ketones (excluding diaryl/α,β-unsaturated/α-hetero) is 1. The topological polar surface area (TPSA) is 52.3 Å². The predicted octanol–water partition coefficient (Wildman–Crippen LogP) is 1.36. The number of ether oxygens (including phenoxy) is 1. The molecule has 0 aliphatic rings. The lowest BCUT2D eigenvalue weighted by Gasteiger charge is -2.14. The molecule has 0 aromatic heterocycles. The van der Waals surface area contributed by atoms with Gasteiger partial charge in [-0.25, -0.2) is 0 Å². The number of hydrogen-bond donors (Lipinski definition) is 1. The molecule has 0 heterocycles. The van der Waals surface area contributed by atoms with Crippen LogP contribution < -0.4 is 5.73 Å². The minimum atomic E-state index is -0.0299. The highest BCUT2D eigenvalue weighted by molar-refractivity contribution is 5.80. The van der Waals surface area contributed by atoms with Crippen LogP contribution in [-0.4, -0.2) is 25.0 Å². The molecular formula is C10H21NO2. The van der Waals surface area contributed by atoms with Gasteiger partial charge < -0.3 is 10.5 Å². The highest BCUT2D eigenvalue weighted by atomic mass is 16.5. The van der Waals surface area contributed by atoms with Gasteiger partial charge in [0, 0.05) is 19.1 Å². The van der Waals surface area contributed by atoms with Crippen LogP contribution in [0.2, 0.25) is 0 Å². The summed E-state index contributed by atoms with van der Waals surface area (Å²) in [5.41, 5.74) is 5.75. The molecule has 0 aliphatic carbocycles. The summed E-state index contributed by atoms with van der Waals surface area (Å²) in [6, 6.07) is -0.0299. The third kappa shape index (κ3) is 6.72. The zero-order valence-corrected chi connectivity index (χ0v) is 8.88. The van der Waals surface area contributed by atoms with E-state index in [-0.39, 0.29) is 18.4 Å². The second kappa shape index (κ2) is 7.04. The Labute approximate surface area is 80.6 Å². The average molecular weight is 187 g/mol. The molecule has 0 amide bonds. The number of carbonyl (C=O) groups excluding carboxylic acids is 1. The summed E-state index contributed by atoms with van der Waals surface area (Å²) in [6.07, 6.45) is 1.38. The van der Waals surface area contributed by atoms with Crippen molar-refractivity contribution in [2.45, 2.75) is 39.7 Å². The van der Waals surface area contributed by atoms with Crippen molar-refractivity contribution in [3.63, 3.8) is 0 Å². The molecule has 0 bridgehead atoms. The second-order valence-electron chi connectivity index (χ2n) is 3.70. The van der Waals surface area contributed by atoms with E-state index < -0.39 is 0 Å². The molecule has 0 aromatic rings. The minimum Gasteiger partial charge on any atom is -0.374 e. The SMILES string of the molecule is CCCOCC(=O)CC(N)C(C)C. The molecule has 0 spiro atoms. The van der Waals surface area contributed by atoms with Crippen molar-refractivity contribution in [3.05, 3.63) is 0 Å². The maximum Gasteiger partial charge on any atom is 0.160 e. The van der Waals surface area contributed by atoms with Gasteiger partial charge in [0.1, 0.15) is 6.61 Å². The Morgan fingerprint density at radius 3 is 2.54 bits per heavy atom. The maximum atomic E-state index is 11.2. The van der Waals surface area contributed by atoms with E-state index in [1.54, 1.807) is 0 Å². The Balaban J connectivity index is 3.50. The molecule has 0 aliphatic heterocycles. The number of ketones is 1. The van der Waals surface area contributed by atoms with Gasteiger partial charge in [-0.3, -0.25) is 4.79 Å². The van der Waals surface area contributed by atoms with Crippen molar-refractivity contribution in [2.75, 3.05) is 13.2 Å². The van der Waals surface area contributed by atoms with Gasteiger partial charge in [-0.2, -0.15) is 0 Å². The smallest absolute Gasteiger partial charge is 0.160 e. The summed E-state index contributed by atoms with van der Waals surface area (Å²) < 4.78 is 5.12. The van der Waals surface area contributed by atoms with Gasteiger partial charge in [0.2, 0.25) is 0 Å². The lowest BCUT2D eigenvalue weighted by atomic mass is 10.0. The maximum absolute atomic E-state index is 11.2. The van der Waals surface area contributed by atoms with Gasteiger partial charge in [-0.05, 0) is 12.3 Å². The van der Waals surface area contributed by atoms with Crippen LogP contribution in [0.1, 0.15) is 33.6 Å². The highest BCUT2D eigenvalue weighted by Crippen LogP contribution is 2.03. The molecule has 1 unspecified atom stereocenters. The van der Waals surface area contributed by atoms with Crippen LogP contribution in [0.15, 0.2) is 0 Å². The summed E-state index contributed by atoms with van der Waals surface area (Å²) >= 11 is 0. The zero-order valence-electron chi connectivity index (χ0n) is 8.88. The molecule has 0 aromatic carbocycles. The first-order valence-electron chi connectivity index (χ1n) is 4.93. The third-order valence-corrected chi connectivity index (χ3v) is 1.93. The largest absolute Gasteiger partial charge is 0.374 e. The third-order valence-electron chi connectivity index (χ3n) is 1.93. The number of hydrogen-bond acceptors (Lipinski definition) is 3. The van der Waals surface area contributed by atoms with Crippen LogP contribution in [-0.2, 0) is 9.53 Å². The van der Waals surface area contributed by atoms with E-state index in [9.17, 15) is 4.79 Å². The Morgan fingerprint density at radius 1 is 1.46 bits per heavy atom. The van der Waals surface area contributed by atoms with Crippen LogP contribution in [0.25, 0.3) is 0 Å². The molecule has 1 atom stereocenters. The summed E-state index contributed by atoms with van der Waals surface area (Å²) in [4.78, 5) is 11.2. The fourth-order valence-corrected chi connectivity index (χ4v) is 0.888. The van der Waals surface area contributed by atoms with Crippen molar-refractivity contribution >= 4 is 5.78 Å². The molecule has 0 radical (unpaired) electrons. The van der Waals surface area contributed by atoms with Crippen molar-refractivity contribution in [3.8, 4) is 0 Å². The van der Waals surface area contributed by atoms with Gasteiger partial charge in [0.25, 0.3) is 0 Å². The van der Waals surface area contributed by atoms with Gasteiger partial charge in [-0.15, -0.1) is 0 Å². The summed E-state index contributed by atoms with van der Waals surface area (Å²) in [5, 5.41) is 0. The fourth-order valence-electron chi connectivity index (χ4n) is 0.888. The van der Waals surface area contributed by atoms with Gasteiger partial charge >= 0.3 is 0 Å². The fraction of sp³-hybridized carbons (Fsp3) is 0.900. The quantitative estimate of drug-likeness (QED) is 0.612. The summed E-state index contributed by atoms with van der Waals surface area (Å²) in [7, 11) is 0. The predicted molar refractivity (Wildman–Crippen MR) is 53.5 cm³/mol. The van der Waals surface area contributed by atoms with E-state index in [1.165, 1.54) is 0 Å². The minimum absolute atomic E-state index is 0.0299. The van der Waals surface area contributed by atoms with Gasteiger partial charge in [-0.1, -0.05) is 20.8 Å². The average Bonchev–Trinajstić information content (AvgIpc) is 2.04. The molecule has 0 fully saturated rings. The lowest BCUT2D eigenvalue weighted by molar-refractivity contribution is -0.124. The second-order valence-corrected chi connectivity index (χ2v) is 3.70. The van der Waals surface area contributed by atoms with Crippen LogP contribution in [0, 0.1) is 5.92 Å². The van der Waals surface area contributed by atoms with Crippen LogP contribution in [0.4, 0.5) is 0 Å². The highest BCUT2D eigenvalue weighted by Gasteiger charge is 2.12. The van der Waals surface area contributed by atoms with Crippen molar-refractivity contribution < 1.29 is 9.53 Å². The van der Waals surface area contributed by atoms with Gasteiger partial charge in [0.15, 0.2) is 5.78 Å². The Hall–Kier alpha value is -0.410. The van der Waals surface area contributed by atoms with E-state index >= 15 is 0 Å². The molecule has 0 rings (SSSR count). The molecule has 13 heavy (non-hydrogen) atoms. The van der Waals surface area contributed by atoms with E-state index in [4.69, 9.17) is 10.5 Å². The number of carbonyl (C=O) groups is 1. The van der Waals surface area contributed by atoms with Crippen molar-refractivity contribution in [2.24, 2.45) is 11.7 Å². The van der Waals surface area contributed by atoms with E-state index in [2.05, 4.69) is 0 Å². The van der Waals surface area contributed by atoms with Crippen LogP contribution >= 0.6 is 0 Å². The molecule has 0 saturated carbocycles. The molecule has 3 heteroatoms. The van der Waals surface area contributed by atoms with Crippen LogP contribution in [0.5, 0.6) is 0 Å². The molecule has 3 nitrogen and oxygen atoms in total. The molecule has 2 N–H and O–H groups in total. The van der Waals surface area contributed by atoms with Crippen molar-refractivity contribution in [1.82, 2.24) is 0 Å². The first-order valence-corrected chi connectivity index (χ1v) is 4.93. The summed E-state index contributed by atoms with van der Waals surface area (Å²) in [6.45, 7) is 6.93. The Morgan fingerprint density at radius 2 is 2.08 bits per heavy atom. The first kappa shape index (κ1) is 12.6.